The molecule has 0 bridgehead atoms. The highest BCUT2D eigenvalue weighted by Crippen LogP contribution is 2.31. The molecular formula is C13H20ClN. The summed E-state index contributed by atoms with van der Waals surface area (Å²) in [5.74, 6) is 1.20. The van der Waals surface area contributed by atoms with Gasteiger partial charge in [-0.25, -0.2) is 0 Å². The number of hydrogen-bond acceptors (Lipinski definition) is 1. The quantitative estimate of drug-likeness (QED) is 0.820. The van der Waals surface area contributed by atoms with E-state index in [1.165, 1.54) is 5.56 Å². The maximum Gasteiger partial charge on any atom is 0.0453 e. The molecule has 0 amide bonds. The zero-order valence-corrected chi connectivity index (χ0v) is 10.7. The van der Waals surface area contributed by atoms with Crippen LogP contribution in [0.5, 0.6) is 0 Å². The van der Waals surface area contributed by atoms with E-state index in [2.05, 4.69) is 32.2 Å². The highest BCUT2D eigenvalue weighted by molar-refractivity contribution is 6.31. The van der Waals surface area contributed by atoms with Gasteiger partial charge in [0.05, 0.1) is 0 Å². The first-order valence-electron chi connectivity index (χ1n) is 5.49. The smallest absolute Gasteiger partial charge is 0.0453 e. The van der Waals surface area contributed by atoms with Gasteiger partial charge >= 0.3 is 0 Å². The average Bonchev–Trinajstić information content (AvgIpc) is 2.21. The number of hydrogen-bond donors (Lipinski definition) is 1. The topological polar surface area (TPSA) is 12.0 Å². The lowest BCUT2D eigenvalue weighted by Crippen LogP contribution is -2.26. The molecule has 1 N–H and O–H groups in total. The maximum atomic E-state index is 6.21. The molecule has 2 heteroatoms. The predicted molar refractivity (Wildman–Crippen MR) is 67.3 cm³/mol. The minimum atomic E-state index is 0.332. The van der Waals surface area contributed by atoms with Gasteiger partial charge in [0.2, 0.25) is 0 Å². The van der Waals surface area contributed by atoms with Crippen LogP contribution in [0.25, 0.3) is 0 Å². The second-order valence-electron chi connectivity index (χ2n) is 4.39. The molecule has 0 heterocycles. The number of rotatable bonds is 4. The molecule has 84 valence electrons. The normalized spacial score (nSPS) is 15.3. The van der Waals surface area contributed by atoms with Gasteiger partial charge in [-0.05, 0) is 30.5 Å². The molecule has 15 heavy (non-hydrogen) atoms. The molecule has 0 spiro atoms. The van der Waals surface area contributed by atoms with E-state index in [4.69, 9.17) is 11.6 Å². The van der Waals surface area contributed by atoms with Crippen LogP contribution in [-0.4, -0.2) is 7.05 Å². The van der Waals surface area contributed by atoms with Crippen molar-refractivity contribution in [1.82, 2.24) is 5.32 Å². The summed E-state index contributed by atoms with van der Waals surface area (Å²) in [7, 11) is 1.99. The lowest BCUT2D eigenvalue weighted by molar-refractivity contribution is 0.317. The van der Waals surface area contributed by atoms with Crippen molar-refractivity contribution < 1.29 is 0 Å². The van der Waals surface area contributed by atoms with Gasteiger partial charge in [-0.2, -0.15) is 0 Å². The van der Waals surface area contributed by atoms with Crippen LogP contribution in [0.15, 0.2) is 24.3 Å². The van der Waals surface area contributed by atoms with Crippen LogP contribution in [0, 0.1) is 11.8 Å². The summed E-state index contributed by atoms with van der Waals surface area (Å²) < 4.78 is 0. The zero-order chi connectivity index (χ0) is 11.4. The molecule has 0 saturated carbocycles. The van der Waals surface area contributed by atoms with Crippen molar-refractivity contribution in [2.45, 2.75) is 26.8 Å². The lowest BCUT2D eigenvalue weighted by atomic mass is 9.86. The highest BCUT2D eigenvalue weighted by atomic mass is 35.5. The lowest BCUT2D eigenvalue weighted by Gasteiger charge is -2.27. The summed E-state index contributed by atoms with van der Waals surface area (Å²) >= 11 is 6.21. The molecule has 2 unspecified atom stereocenters. The van der Waals surface area contributed by atoms with Crippen molar-refractivity contribution in [2.75, 3.05) is 7.05 Å². The molecular weight excluding hydrogens is 206 g/mol. The third-order valence-electron chi connectivity index (χ3n) is 3.13. The first-order valence-corrected chi connectivity index (χ1v) is 5.87. The van der Waals surface area contributed by atoms with Gasteiger partial charge in [-0.3, -0.25) is 0 Å². The second kappa shape index (κ2) is 5.53. The van der Waals surface area contributed by atoms with Crippen LogP contribution in [-0.2, 0) is 0 Å². The first kappa shape index (κ1) is 12.5. The van der Waals surface area contributed by atoms with Crippen molar-refractivity contribution >= 4 is 11.6 Å². The Morgan fingerprint density at radius 3 is 2.20 bits per heavy atom. The Balaban J connectivity index is 2.97. The minimum absolute atomic E-state index is 0.332. The standard InChI is InChI=1S/C13H20ClN/c1-9(2)10(3)13(15-4)11-7-5-6-8-12(11)14/h5-10,13,15H,1-4H3. The van der Waals surface area contributed by atoms with Crippen molar-refractivity contribution in [1.29, 1.82) is 0 Å². The molecule has 0 saturated heterocycles. The van der Waals surface area contributed by atoms with Crippen LogP contribution in [0.4, 0.5) is 0 Å². The summed E-state index contributed by atoms with van der Waals surface area (Å²) in [6.07, 6.45) is 0. The Morgan fingerprint density at radius 2 is 1.73 bits per heavy atom. The van der Waals surface area contributed by atoms with E-state index in [0.29, 0.717) is 17.9 Å². The zero-order valence-electron chi connectivity index (χ0n) is 9.92. The average molecular weight is 226 g/mol. The van der Waals surface area contributed by atoms with Gasteiger partial charge < -0.3 is 5.32 Å². The van der Waals surface area contributed by atoms with Crippen LogP contribution < -0.4 is 5.32 Å². The Bertz CT molecular complexity index is 309. The monoisotopic (exact) mass is 225 g/mol. The maximum absolute atomic E-state index is 6.21. The SMILES string of the molecule is CNC(c1ccccc1Cl)C(C)C(C)C. The molecule has 1 aromatic rings. The Hall–Kier alpha value is -0.530. The first-order chi connectivity index (χ1) is 7.07. The van der Waals surface area contributed by atoms with Gasteiger partial charge in [-0.1, -0.05) is 50.6 Å². The van der Waals surface area contributed by atoms with E-state index in [1.54, 1.807) is 0 Å². The summed E-state index contributed by atoms with van der Waals surface area (Å²) in [4.78, 5) is 0. The largest absolute Gasteiger partial charge is 0.313 e. The van der Waals surface area contributed by atoms with E-state index in [9.17, 15) is 0 Å². The molecule has 0 radical (unpaired) electrons. The summed E-state index contributed by atoms with van der Waals surface area (Å²) in [6.45, 7) is 6.74. The predicted octanol–water partition coefficient (Wildman–Crippen LogP) is 3.89. The molecule has 1 nitrogen and oxygen atoms in total. The molecule has 0 fully saturated rings. The third-order valence-corrected chi connectivity index (χ3v) is 3.47. The van der Waals surface area contributed by atoms with Gasteiger partial charge in [0.1, 0.15) is 0 Å². The second-order valence-corrected chi connectivity index (χ2v) is 4.80. The fourth-order valence-corrected chi connectivity index (χ4v) is 2.07. The van der Waals surface area contributed by atoms with E-state index < -0.39 is 0 Å². The number of halogens is 1. The number of nitrogens with one attached hydrogen (secondary N) is 1. The van der Waals surface area contributed by atoms with Crippen LogP contribution >= 0.6 is 11.6 Å². The summed E-state index contributed by atoms with van der Waals surface area (Å²) in [6, 6.07) is 8.40. The minimum Gasteiger partial charge on any atom is -0.313 e. The molecule has 0 aliphatic rings. The fraction of sp³-hybridized carbons (Fsp3) is 0.538. The Labute approximate surface area is 97.8 Å². The van der Waals surface area contributed by atoms with Gasteiger partial charge in [0.25, 0.3) is 0 Å². The van der Waals surface area contributed by atoms with E-state index in [0.717, 1.165) is 5.02 Å². The molecule has 1 rings (SSSR count). The van der Waals surface area contributed by atoms with Crippen molar-refractivity contribution in [3.8, 4) is 0 Å². The van der Waals surface area contributed by atoms with Crippen molar-refractivity contribution in [2.24, 2.45) is 11.8 Å². The highest BCUT2D eigenvalue weighted by Gasteiger charge is 2.21. The summed E-state index contributed by atoms with van der Waals surface area (Å²) in [5, 5.41) is 4.21. The van der Waals surface area contributed by atoms with Gasteiger partial charge in [0, 0.05) is 11.1 Å². The van der Waals surface area contributed by atoms with Crippen molar-refractivity contribution in [3.63, 3.8) is 0 Å². The van der Waals surface area contributed by atoms with Crippen LogP contribution in [0.1, 0.15) is 32.4 Å². The molecule has 0 aromatic heterocycles. The van der Waals surface area contributed by atoms with Crippen LogP contribution in [0.3, 0.4) is 0 Å². The fourth-order valence-electron chi connectivity index (χ4n) is 1.81. The van der Waals surface area contributed by atoms with E-state index in [-0.39, 0.29) is 0 Å². The van der Waals surface area contributed by atoms with Gasteiger partial charge in [0.15, 0.2) is 0 Å². The Morgan fingerprint density at radius 1 is 1.13 bits per heavy atom. The van der Waals surface area contributed by atoms with E-state index in [1.807, 2.05) is 25.2 Å². The molecule has 2 atom stereocenters. The molecule has 0 aliphatic heterocycles. The van der Waals surface area contributed by atoms with E-state index >= 15 is 0 Å². The third kappa shape index (κ3) is 2.96. The summed E-state index contributed by atoms with van der Waals surface area (Å²) in [5.41, 5.74) is 1.20. The number of benzene rings is 1. The Kier molecular flexibility index (Phi) is 4.62. The van der Waals surface area contributed by atoms with Gasteiger partial charge in [-0.15, -0.1) is 0 Å². The van der Waals surface area contributed by atoms with Crippen LogP contribution in [0.2, 0.25) is 5.02 Å². The molecule has 1 aromatic carbocycles. The molecule has 0 aliphatic carbocycles. The van der Waals surface area contributed by atoms with Crippen molar-refractivity contribution in [3.05, 3.63) is 34.9 Å².